The number of hydrogen-bond acceptors (Lipinski definition) is 3. The second kappa shape index (κ2) is 6.02. The van der Waals surface area contributed by atoms with Gasteiger partial charge in [0.2, 0.25) is 5.91 Å². The van der Waals surface area contributed by atoms with E-state index in [9.17, 15) is 14.3 Å². The van der Waals surface area contributed by atoms with Crippen molar-refractivity contribution in [3.8, 4) is 5.75 Å². The zero-order valence-electron chi connectivity index (χ0n) is 11.0. The number of nitrogens with one attached hydrogen (secondary N) is 1. The highest BCUT2D eigenvalue weighted by Gasteiger charge is 2.28. The van der Waals surface area contributed by atoms with Crippen molar-refractivity contribution in [2.24, 2.45) is 0 Å². The molecule has 1 heterocycles. The van der Waals surface area contributed by atoms with E-state index in [0.717, 1.165) is 25.8 Å². The molecule has 19 heavy (non-hydrogen) atoms. The number of piperidine rings is 1. The maximum absolute atomic E-state index is 13.2. The van der Waals surface area contributed by atoms with Crippen LogP contribution in [0.1, 0.15) is 24.8 Å². The summed E-state index contributed by atoms with van der Waals surface area (Å²) in [6, 6.07) is 3.71. The lowest BCUT2D eigenvalue weighted by atomic mass is 10.00. The molecule has 0 spiro atoms. The number of nitrogens with zero attached hydrogens (tertiary/aromatic N) is 1. The first-order valence-electron chi connectivity index (χ1n) is 6.55. The number of aromatic hydroxyl groups is 1. The summed E-state index contributed by atoms with van der Waals surface area (Å²) in [7, 11) is 1.62. The molecular weight excluding hydrogens is 247 g/mol. The number of phenols is 1. The van der Waals surface area contributed by atoms with Gasteiger partial charge in [0.25, 0.3) is 0 Å². The van der Waals surface area contributed by atoms with Crippen LogP contribution in [-0.4, -0.2) is 35.5 Å². The summed E-state index contributed by atoms with van der Waals surface area (Å²) < 4.78 is 13.2. The van der Waals surface area contributed by atoms with Gasteiger partial charge in [0.05, 0.1) is 6.04 Å². The van der Waals surface area contributed by atoms with E-state index in [1.54, 1.807) is 7.05 Å². The third-order valence-corrected chi connectivity index (χ3v) is 3.58. The molecule has 1 unspecified atom stereocenters. The Morgan fingerprint density at radius 1 is 1.53 bits per heavy atom. The fourth-order valence-corrected chi connectivity index (χ4v) is 2.54. The monoisotopic (exact) mass is 266 g/mol. The van der Waals surface area contributed by atoms with Crippen LogP contribution in [0.4, 0.5) is 4.39 Å². The van der Waals surface area contributed by atoms with E-state index in [-0.39, 0.29) is 23.5 Å². The fourth-order valence-electron chi connectivity index (χ4n) is 2.54. The normalized spacial score (nSPS) is 20.2. The van der Waals surface area contributed by atoms with Crippen LogP contribution in [0, 0.1) is 5.82 Å². The number of carbonyl (C=O) groups is 1. The number of phenolic OH excluding ortho intramolecular Hbond substituents is 1. The molecule has 0 bridgehead atoms. The number of likely N-dealkylation sites (tertiary alicyclic amines) is 1. The highest BCUT2D eigenvalue weighted by atomic mass is 19.1. The maximum Gasteiger partial charge on any atom is 0.237 e. The summed E-state index contributed by atoms with van der Waals surface area (Å²) in [6.45, 7) is 1.18. The molecule has 1 aromatic carbocycles. The van der Waals surface area contributed by atoms with E-state index in [1.165, 1.54) is 18.2 Å². The van der Waals surface area contributed by atoms with Gasteiger partial charge in [-0.3, -0.25) is 9.69 Å². The second-order valence-corrected chi connectivity index (χ2v) is 4.87. The van der Waals surface area contributed by atoms with Crippen molar-refractivity contribution >= 4 is 5.91 Å². The van der Waals surface area contributed by atoms with Gasteiger partial charge in [0, 0.05) is 19.2 Å². The molecule has 0 aromatic heterocycles. The zero-order valence-corrected chi connectivity index (χ0v) is 11.0. The smallest absolute Gasteiger partial charge is 0.237 e. The van der Waals surface area contributed by atoms with Crippen molar-refractivity contribution in [3.63, 3.8) is 0 Å². The topological polar surface area (TPSA) is 52.6 Å². The molecule has 1 aliphatic heterocycles. The molecule has 0 aliphatic carbocycles. The average molecular weight is 266 g/mol. The Bertz CT molecular complexity index is 465. The number of carbonyl (C=O) groups excluding carboxylic acids is 1. The third kappa shape index (κ3) is 3.23. The van der Waals surface area contributed by atoms with Crippen molar-refractivity contribution in [1.29, 1.82) is 0 Å². The summed E-state index contributed by atoms with van der Waals surface area (Å²) in [6.07, 6.45) is 2.84. The quantitative estimate of drug-likeness (QED) is 0.874. The number of rotatable bonds is 3. The van der Waals surface area contributed by atoms with Crippen LogP contribution < -0.4 is 5.32 Å². The molecule has 104 valence electrons. The Kier molecular flexibility index (Phi) is 4.37. The average Bonchev–Trinajstić information content (AvgIpc) is 2.42. The Balaban J connectivity index is 2.15. The van der Waals surface area contributed by atoms with Crippen LogP contribution in [-0.2, 0) is 11.3 Å². The molecule has 2 rings (SSSR count). The first kappa shape index (κ1) is 13.8. The van der Waals surface area contributed by atoms with Crippen LogP contribution >= 0.6 is 0 Å². The Morgan fingerprint density at radius 2 is 2.32 bits per heavy atom. The van der Waals surface area contributed by atoms with Crippen LogP contribution in [0.2, 0.25) is 0 Å². The largest absolute Gasteiger partial charge is 0.508 e. The molecule has 5 heteroatoms. The first-order chi connectivity index (χ1) is 9.11. The number of benzene rings is 1. The Morgan fingerprint density at radius 3 is 3.05 bits per heavy atom. The summed E-state index contributed by atoms with van der Waals surface area (Å²) in [5.41, 5.74) is 0.524. The molecule has 2 N–H and O–H groups in total. The Labute approximate surface area is 112 Å². The van der Waals surface area contributed by atoms with Gasteiger partial charge in [-0.25, -0.2) is 4.39 Å². The van der Waals surface area contributed by atoms with Gasteiger partial charge in [-0.05, 0) is 37.6 Å². The minimum atomic E-state index is -0.374. The van der Waals surface area contributed by atoms with Gasteiger partial charge >= 0.3 is 0 Å². The van der Waals surface area contributed by atoms with Crippen LogP contribution in [0.25, 0.3) is 0 Å². The molecular formula is C14H19FN2O2. The predicted molar refractivity (Wildman–Crippen MR) is 70.2 cm³/mol. The summed E-state index contributed by atoms with van der Waals surface area (Å²) >= 11 is 0. The number of amides is 1. The molecule has 1 aromatic rings. The van der Waals surface area contributed by atoms with Crippen molar-refractivity contribution in [2.75, 3.05) is 13.6 Å². The highest BCUT2D eigenvalue weighted by molar-refractivity contribution is 5.81. The van der Waals surface area contributed by atoms with E-state index in [0.29, 0.717) is 12.1 Å². The van der Waals surface area contributed by atoms with Crippen LogP contribution in [0.5, 0.6) is 5.75 Å². The predicted octanol–water partition coefficient (Wildman–Crippen LogP) is 1.63. The van der Waals surface area contributed by atoms with E-state index < -0.39 is 0 Å². The molecule has 0 radical (unpaired) electrons. The van der Waals surface area contributed by atoms with Gasteiger partial charge < -0.3 is 10.4 Å². The van der Waals surface area contributed by atoms with Crippen molar-refractivity contribution in [1.82, 2.24) is 10.2 Å². The lowest BCUT2D eigenvalue weighted by Gasteiger charge is -2.34. The fraction of sp³-hybridized carbons (Fsp3) is 0.500. The first-order valence-corrected chi connectivity index (χ1v) is 6.55. The lowest BCUT2D eigenvalue weighted by Crippen LogP contribution is -2.48. The summed E-state index contributed by atoms with van der Waals surface area (Å²) in [5.74, 6) is -0.320. The minimum absolute atomic E-state index is 0.0180. The molecule has 1 aliphatic rings. The van der Waals surface area contributed by atoms with Crippen LogP contribution in [0.3, 0.4) is 0 Å². The van der Waals surface area contributed by atoms with E-state index >= 15 is 0 Å². The molecule has 1 saturated heterocycles. The van der Waals surface area contributed by atoms with Gasteiger partial charge in [0.15, 0.2) is 0 Å². The summed E-state index contributed by atoms with van der Waals surface area (Å²) in [4.78, 5) is 13.8. The van der Waals surface area contributed by atoms with Gasteiger partial charge in [-0.1, -0.05) is 6.42 Å². The van der Waals surface area contributed by atoms with Crippen molar-refractivity contribution in [2.45, 2.75) is 31.8 Å². The molecule has 1 atom stereocenters. The maximum atomic E-state index is 13.2. The third-order valence-electron chi connectivity index (χ3n) is 3.58. The van der Waals surface area contributed by atoms with Gasteiger partial charge in [0.1, 0.15) is 11.6 Å². The highest BCUT2D eigenvalue weighted by Crippen LogP contribution is 2.24. The van der Waals surface area contributed by atoms with E-state index in [1.807, 2.05) is 4.90 Å². The SMILES string of the molecule is CNC(=O)C1CCCCN1Cc1cc(F)ccc1O. The van der Waals surface area contributed by atoms with E-state index in [4.69, 9.17) is 0 Å². The standard InChI is InChI=1S/C14H19FN2O2/c1-16-14(19)12-4-2-3-7-17(12)9-10-8-11(15)5-6-13(10)18/h5-6,8,12,18H,2-4,7,9H2,1H3,(H,16,19). The minimum Gasteiger partial charge on any atom is -0.508 e. The van der Waals surface area contributed by atoms with Crippen molar-refractivity contribution in [3.05, 3.63) is 29.6 Å². The zero-order chi connectivity index (χ0) is 13.8. The molecule has 0 saturated carbocycles. The number of likely N-dealkylation sites (N-methyl/N-ethyl adjacent to an activating group) is 1. The van der Waals surface area contributed by atoms with Gasteiger partial charge in [-0.2, -0.15) is 0 Å². The lowest BCUT2D eigenvalue weighted by molar-refractivity contribution is -0.127. The molecule has 4 nitrogen and oxygen atoms in total. The number of hydrogen-bond donors (Lipinski definition) is 2. The summed E-state index contributed by atoms with van der Waals surface area (Å²) in [5, 5.41) is 12.4. The second-order valence-electron chi connectivity index (χ2n) is 4.87. The Hall–Kier alpha value is -1.62. The van der Waals surface area contributed by atoms with E-state index in [2.05, 4.69) is 5.32 Å². The number of halogens is 1. The van der Waals surface area contributed by atoms with Crippen LogP contribution in [0.15, 0.2) is 18.2 Å². The molecule has 1 amide bonds. The molecule has 1 fully saturated rings. The van der Waals surface area contributed by atoms with Crippen molar-refractivity contribution < 1.29 is 14.3 Å². The van der Waals surface area contributed by atoms with Gasteiger partial charge in [-0.15, -0.1) is 0 Å².